The summed E-state index contributed by atoms with van der Waals surface area (Å²) >= 11 is 0. The van der Waals surface area contributed by atoms with E-state index in [-0.39, 0.29) is 5.91 Å². The standard InChI is InChI=1S/C20H40N2O/c1-4-7-9-10-11-12-13-14-15-17-20(23)22-21-18-19(6-3)16-8-5-2/h18-19H,4-17H2,1-3H3,(H,22,23). The summed E-state index contributed by atoms with van der Waals surface area (Å²) in [5.74, 6) is 0.567. The molecule has 0 radical (unpaired) electrons. The largest absolute Gasteiger partial charge is 0.273 e. The smallest absolute Gasteiger partial charge is 0.240 e. The fourth-order valence-corrected chi connectivity index (χ4v) is 2.72. The molecule has 3 heteroatoms. The summed E-state index contributed by atoms with van der Waals surface area (Å²) in [4.78, 5) is 11.7. The molecule has 0 spiro atoms. The van der Waals surface area contributed by atoms with E-state index in [0.29, 0.717) is 12.3 Å². The SMILES string of the molecule is CCCCCCCCCCCC(=O)NN=CC(CC)CCCC. The van der Waals surface area contributed by atoms with Gasteiger partial charge in [-0.05, 0) is 25.2 Å². The molecule has 1 N–H and O–H groups in total. The van der Waals surface area contributed by atoms with Crippen molar-refractivity contribution in [3.05, 3.63) is 0 Å². The summed E-state index contributed by atoms with van der Waals surface area (Å²) < 4.78 is 0. The highest BCUT2D eigenvalue weighted by Crippen LogP contribution is 2.11. The molecule has 0 fully saturated rings. The molecule has 136 valence electrons. The van der Waals surface area contributed by atoms with E-state index >= 15 is 0 Å². The van der Waals surface area contributed by atoms with E-state index in [4.69, 9.17) is 0 Å². The van der Waals surface area contributed by atoms with Gasteiger partial charge in [-0.15, -0.1) is 0 Å². The van der Waals surface area contributed by atoms with Crippen LogP contribution < -0.4 is 5.43 Å². The lowest BCUT2D eigenvalue weighted by molar-refractivity contribution is -0.121. The van der Waals surface area contributed by atoms with Crippen LogP contribution in [0.4, 0.5) is 0 Å². The maximum Gasteiger partial charge on any atom is 0.240 e. The minimum Gasteiger partial charge on any atom is -0.273 e. The third-order valence-corrected chi connectivity index (χ3v) is 4.43. The maximum atomic E-state index is 11.7. The Hall–Kier alpha value is -0.860. The number of nitrogens with one attached hydrogen (secondary N) is 1. The number of hydrogen-bond donors (Lipinski definition) is 1. The van der Waals surface area contributed by atoms with Gasteiger partial charge in [0.15, 0.2) is 0 Å². The van der Waals surface area contributed by atoms with Crippen molar-refractivity contribution in [3.63, 3.8) is 0 Å². The molecule has 0 aliphatic heterocycles. The molecule has 1 unspecified atom stereocenters. The van der Waals surface area contributed by atoms with Gasteiger partial charge in [0.1, 0.15) is 0 Å². The molecule has 3 nitrogen and oxygen atoms in total. The number of carbonyl (C=O) groups is 1. The van der Waals surface area contributed by atoms with Crippen LogP contribution in [0.25, 0.3) is 0 Å². The summed E-state index contributed by atoms with van der Waals surface area (Å²) in [5, 5.41) is 4.13. The Balaban J connectivity index is 3.49. The van der Waals surface area contributed by atoms with Gasteiger partial charge in [-0.25, -0.2) is 5.43 Å². The minimum atomic E-state index is 0.0644. The van der Waals surface area contributed by atoms with Gasteiger partial charge in [-0.1, -0.05) is 85.0 Å². The number of rotatable bonds is 16. The van der Waals surface area contributed by atoms with E-state index < -0.39 is 0 Å². The van der Waals surface area contributed by atoms with Crippen LogP contribution in [-0.4, -0.2) is 12.1 Å². The molecule has 1 amide bonds. The van der Waals surface area contributed by atoms with Gasteiger partial charge in [-0.2, -0.15) is 5.10 Å². The van der Waals surface area contributed by atoms with E-state index in [0.717, 1.165) is 12.8 Å². The summed E-state index contributed by atoms with van der Waals surface area (Å²) in [7, 11) is 0. The molecule has 0 saturated heterocycles. The molecule has 0 rings (SSSR count). The van der Waals surface area contributed by atoms with Gasteiger partial charge in [-0.3, -0.25) is 4.79 Å². The first kappa shape index (κ1) is 22.1. The Morgan fingerprint density at radius 3 is 2.00 bits per heavy atom. The Bertz CT molecular complexity index is 289. The number of amides is 1. The monoisotopic (exact) mass is 324 g/mol. The summed E-state index contributed by atoms with van der Waals surface area (Å²) in [6.45, 7) is 6.63. The molecule has 0 aliphatic rings. The van der Waals surface area contributed by atoms with Crippen LogP contribution in [0.3, 0.4) is 0 Å². The van der Waals surface area contributed by atoms with Gasteiger partial charge >= 0.3 is 0 Å². The van der Waals surface area contributed by atoms with Crippen LogP contribution >= 0.6 is 0 Å². The number of hydrazone groups is 1. The lowest BCUT2D eigenvalue weighted by Crippen LogP contribution is -2.18. The number of nitrogens with zero attached hydrogens (tertiary/aromatic N) is 1. The van der Waals surface area contributed by atoms with Crippen LogP contribution in [0, 0.1) is 5.92 Å². The first-order chi connectivity index (χ1) is 11.2. The van der Waals surface area contributed by atoms with Crippen LogP contribution in [-0.2, 0) is 4.79 Å². The number of hydrogen-bond acceptors (Lipinski definition) is 2. The van der Waals surface area contributed by atoms with Crippen molar-refractivity contribution < 1.29 is 4.79 Å². The zero-order valence-electron chi connectivity index (χ0n) is 15.9. The summed E-state index contributed by atoms with van der Waals surface area (Å²) in [6.07, 6.45) is 18.8. The first-order valence-electron chi connectivity index (χ1n) is 10.1. The molecule has 0 aromatic carbocycles. The lowest BCUT2D eigenvalue weighted by atomic mass is 10.0. The van der Waals surface area contributed by atoms with E-state index in [1.54, 1.807) is 0 Å². The second-order valence-corrected chi connectivity index (χ2v) is 6.70. The third kappa shape index (κ3) is 15.8. The Kier molecular flexibility index (Phi) is 16.8. The van der Waals surface area contributed by atoms with Crippen LogP contribution in [0.1, 0.15) is 111 Å². The molecule has 0 aromatic rings. The Morgan fingerprint density at radius 1 is 0.870 bits per heavy atom. The van der Waals surface area contributed by atoms with Gasteiger partial charge in [0, 0.05) is 12.6 Å². The van der Waals surface area contributed by atoms with Gasteiger partial charge in [0.2, 0.25) is 5.91 Å². The molecule has 0 aromatic heterocycles. The number of carbonyl (C=O) groups excluding carboxylic acids is 1. The molecule has 1 atom stereocenters. The van der Waals surface area contributed by atoms with E-state index in [2.05, 4.69) is 31.3 Å². The average molecular weight is 325 g/mol. The van der Waals surface area contributed by atoms with Crippen LogP contribution in [0.2, 0.25) is 0 Å². The van der Waals surface area contributed by atoms with Gasteiger partial charge in [0.25, 0.3) is 0 Å². The van der Waals surface area contributed by atoms with Crippen molar-refractivity contribution in [2.24, 2.45) is 11.0 Å². The van der Waals surface area contributed by atoms with Crippen molar-refractivity contribution in [3.8, 4) is 0 Å². The molecule has 0 heterocycles. The second-order valence-electron chi connectivity index (χ2n) is 6.70. The fraction of sp³-hybridized carbons (Fsp3) is 0.900. The first-order valence-corrected chi connectivity index (χ1v) is 10.1. The second kappa shape index (κ2) is 17.5. The van der Waals surface area contributed by atoms with E-state index in [1.165, 1.54) is 70.6 Å². The highest BCUT2D eigenvalue weighted by atomic mass is 16.2. The normalized spacial score (nSPS) is 12.7. The fourth-order valence-electron chi connectivity index (χ4n) is 2.72. The zero-order chi connectivity index (χ0) is 17.2. The van der Waals surface area contributed by atoms with E-state index in [1.807, 2.05) is 6.21 Å². The molecular formula is C20H40N2O. The van der Waals surface area contributed by atoms with Crippen molar-refractivity contribution in [2.45, 2.75) is 111 Å². The highest BCUT2D eigenvalue weighted by molar-refractivity contribution is 5.76. The average Bonchev–Trinajstić information content (AvgIpc) is 2.56. The summed E-state index contributed by atoms with van der Waals surface area (Å²) in [5.41, 5.74) is 2.68. The molecular weight excluding hydrogens is 284 g/mol. The predicted molar refractivity (Wildman–Crippen MR) is 102 cm³/mol. The third-order valence-electron chi connectivity index (χ3n) is 4.43. The predicted octanol–water partition coefficient (Wildman–Crippen LogP) is 6.23. The van der Waals surface area contributed by atoms with Gasteiger partial charge < -0.3 is 0 Å². The van der Waals surface area contributed by atoms with Crippen LogP contribution in [0.15, 0.2) is 5.10 Å². The zero-order valence-corrected chi connectivity index (χ0v) is 15.9. The molecule has 0 aliphatic carbocycles. The van der Waals surface area contributed by atoms with Crippen molar-refractivity contribution in [1.29, 1.82) is 0 Å². The lowest BCUT2D eigenvalue weighted by Gasteiger charge is -2.07. The molecule has 23 heavy (non-hydrogen) atoms. The Morgan fingerprint density at radius 2 is 1.43 bits per heavy atom. The molecule has 0 saturated carbocycles. The highest BCUT2D eigenvalue weighted by Gasteiger charge is 2.03. The Labute approximate surface area is 144 Å². The van der Waals surface area contributed by atoms with Gasteiger partial charge in [0.05, 0.1) is 0 Å². The topological polar surface area (TPSA) is 41.5 Å². The summed E-state index contributed by atoms with van der Waals surface area (Å²) in [6, 6.07) is 0. The minimum absolute atomic E-state index is 0.0644. The quantitative estimate of drug-likeness (QED) is 0.204. The number of unbranched alkanes of at least 4 members (excludes halogenated alkanes) is 9. The van der Waals surface area contributed by atoms with Crippen molar-refractivity contribution >= 4 is 12.1 Å². The van der Waals surface area contributed by atoms with Crippen molar-refractivity contribution in [2.75, 3.05) is 0 Å². The van der Waals surface area contributed by atoms with E-state index in [9.17, 15) is 4.79 Å². The van der Waals surface area contributed by atoms with Crippen molar-refractivity contribution in [1.82, 2.24) is 5.43 Å². The van der Waals surface area contributed by atoms with Crippen LogP contribution in [0.5, 0.6) is 0 Å². The maximum absolute atomic E-state index is 11.7. The molecule has 0 bridgehead atoms.